The Morgan fingerprint density at radius 2 is 1.92 bits per heavy atom. The van der Waals surface area contributed by atoms with Gasteiger partial charge < -0.3 is 15.7 Å². The Morgan fingerprint density at radius 1 is 1.24 bits per heavy atom. The number of hydrogen-bond donors (Lipinski definition) is 3. The van der Waals surface area contributed by atoms with E-state index in [1.807, 2.05) is 0 Å². The Morgan fingerprint density at radius 3 is 2.48 bits per heavy atom. The molecule has 1 fully saturated rings. The van der Waals surface area contributed by atoms with Gasteiger partial charge in [0.1, 0.15) is 0 Å². The molecule has 2 amide bonds. The van der Waals surface area contributed by atoms with Crippen molar-refractivity contribution in [1.82, 2.24) is 10.6 Å². The predicted octanol–water partition coefficient (Wildman–Crippen LogP) is 2.72. The van der Waals surface area contributed by atoms with Gasteiger partial charge in [-0.1, -0.05) is 29.3 Å². The lowest BCUT2D eigenvalue weighted by Crippen LogP contribution is -2.49. The second-order valence-corrected chi connectivity index (χ2v) is 7.09. The number of halogens is 2. The number of hydrogen-bond acceptors (Lipinski definition) is 3. The van der Waals surface area contributed by atoms with E-state index in [1.165, 1.54) is 25.1 Å². The van der Waals surface area contributed by atoms with Crippen LogP contribution in [0.15, 0.2) is 18.2 Å². The van der Waals surface area contributed by atoms with Crippen LogP contribution >= 0.6 is 23.2 Å². The van der Waals surface area contributed by atoms with E-state index < -0.39 is 17.4 Å². The zero-order valence-electron chi connectivity index (χ0n) is 13.8. The van der Waals surface area contributed by atoms with Gasteiger partial charge in [0.05, 0.1) is 10.0 Å². The van der Waals surface area contributed by atoms with Gasteiger partial charge in [-0.15, -0.1) is 0 Å². The van der Waals surface area contributed by atoms with Crippen molar-refractivity contribution < 1.29 is 19.5 Å². The summed E-state index contributed by atoms with van der Waals surface area (Å²) in [6.45, 7) is 1.78. The highest BCUT2D eigenvalue weighted by atomic mass is 35.5. The van der Waals surface area contributed by atoms with Gasteiger partial charge in [-0.3, -0.25) is 9.59 Å². The number of rotatable bonds is 8. The van der Waals surface area contributed by atoms with Gasteiger partial charge in [-0.2, -0.15) is 0 Å². The Hall–Kier alpha value is -1.79. The fraction of sp³-hybridized carbons (Fsp3) is 0.471. The van der Waals surface area contributed by atoms with E-state index in [4.69, 9.17) is 23.2 Å². The van der Waals surface area contributed by atoms with Crippen molar-refractivity contribution in [3.05, 3.63) is 33.8 Å². The third-order valence-corrected chi connectivity index (χ3v) is 4.88. The number of nitrogens with one attached hydrogen (secondary N) is 2. The molecule has 3 N–H and O–H groups in total. The average Bonchev–Trinajstić information content (AvgIpc) is 3.38. The second-order valence-electron chi connectivity index (χ2n) is 6.28. The average molecular weight is 387 g/mol. The maximum Gasteiger partial charge on any atom is 0.333 e. The smallest absolute Gasteiger partial charge is 0.333 e. The van der Waals surface area contributed by atoms with Crippen molar-refractivity contribution in [2.75, 3.05) is 6.54 Å². The summed E-state index contributed by atoms with van der Waals surface area (Å²) in [5.74, 6) is -1.48. The highest BCUT2D eigenvalue weighted by molar-refractivity contribution is 6.42. The van der Waals surface area contributed by atoms with Crippen molar-refractivity contribution in [3.8, 4) is 0 Å². The number of carbonyl (C=O) groups is 3. The van der Waals surface area contributed by atoms with E-state index in [1.54, 1.807) is 0 Å². The Labute approximate surface area is 155 Å². The van der Waals surface area contributed by atoms with Crippen LogP contribution in [0.25, 0.3) is 0 Å². The van der Waals surface area contributed by atoms with Gasteiger partial charge in [0.15, 0.2) is 5.54 Å². The van der Waals surface area contributed by atoms with Crippen molar-refractivity contribution >= 4 is 41.0 Å². The first-order valence-electron chi connectivity index (χ1n) is 8.01. The molecule has 1 aromatic carbocycles. The molecule has 0 spiro atoms. The summed E-state index contributed by atoms with van der Waals surface area (Å²) in [6.07, 6.45) is 2.39. The molecular weight excluding hydrogens is 367 g/mol. The van der Waals surface area contributed by atoms with Crippen molar-refractivity contribution in [2.45, 2.75) is 38.1 Å². The molecule has 0 bridgehead atoms. The van der Waals surface area contributed by atoms with Crippen LogP contribution in [-0.4, -0.2) is 29.4 Å². The molecule has 1 saturated carbocycles. The summed E-state index contributed by atoms with van der Waals surface area (Å²) in [4.78, 5) is 35.3. The summed E-state index contributed by atoms with van der Waals surface area (Å²) < 4.78 is 0. The van der Waals surface area contributed by atoms with Crippen molar-refractivity contribution in [3.63, 3.8) is 0 Å². The van der Waals surface area contributed by atoms with Crippen molar-refractivity contribution in [2.24, 2.45) is 5.92 Å². The molecular formula is C17H20Cl2N2O4. The van der Waals surface area contributed by atoms with E-state index in [2.05, 4.69) is 10.6 Å². The first-order chi connectivity index (χ1) is 11.7. The van der Waals surface area contributed by atoms with Gasteiger partial charge in [0.25, 0.3) is 0 Å². The third kappa shape index (κ3) is 5.09. The van der Waals surface area contributed by atoms with E-state index >= 15 is 0 Å². The van der Waals surface area contributed by atoms with Crippen LogP contribution < -0.4 is 10.6 Å². The lowest BCUT2D eigenvalue weighted by Gasteiger charge is -2.27. The fourth-order valence-corrected chi connectivity index (χ4v) is 2.65. The standard InChI is InChI=1S/C17H20Cl2N2O4/c1-17(16(24)25,11-6-7-12(18)13(19)9-11)21-14(22)3-2-8-20-15(23)10-4-5-10/h6-7,9-10H,2-5,8H2,1H3,(H,20,23)(H,21,22)(H,24,25). The molecule has 0 radical (unpaired) electrons. The summed E-state index contributed by atoms with van der Waals surface area (Å²) in [5.41, 5.74) is -1.30. The minimum atomic E-state index is -1.62. The van der Waals surface area contributed by atoms with Crippen LogP contribution in [0, 0.1) is 5.92 Å². The summed E-state index contributed by atoms with van der Waals surface area (Å²) in [7, 11) is 0. The van der Waals surface area contributed by atoms with Crippen LogP contribution in [0.4, 0.5) is 0 Å². The molecule has 0 saturated heterocycles. The topological polar surface area (TPSA) is 95.5 Å². The van der Waals surface area contributed by atoms with Crippen LogP contribution in [0.3, 0.4) is 0 Å². The van der Waals surface area contributed by atoms with Gasteiger partial charge in [0, 0.05) is 18.9 Å². The first-order valence-corrected chi connectivity index (χ1v) is 8.77. The zero-order chi connectivity index (χ0) is 18.6. The first kappa shape index (κ1) is 19.5. The molecule has 0 aromatic heterocycles. The number of carbonyl (C=O) groups excluding carboxylic acids is 2. The lowest BCUT2D eigenvalue weighted by molar-refractivity contribution is -0.147. The summed E-state index contributed by atoms with van der Waals surface area (Å²) >= 11 is 11.8. The Bertz CT molecular complexity index is 691. The number of benzene rings is 1. The second kappa shape index (κ2) is 8.06. The fourth-order valence-electron chi connectivity index (χ4n) is 2.35. The normalized spacial score (nSPS) is 16.0. The molecule has 6 nitrogen and oxygen atoms in total. The Balaban J connectivity index is 1.92. The molecule has 0 aliphatic heterocycles. The maximum absolute atomic E-state index is 12.1. The van der Waals surface area contributed by atoms with E-state index in [0.717, 1.165) is 12.8 Å². The number of carboxylic acid groups (broad SMARTS) is 1. The van der Waals surface area contributed by atoms with Gasteiger partial charge in [0.2, 0.25) is 11.8 Å². The van der Waals surface area contributed by atoms with E-state index in [9.17, 15) is 19.5 Å². The number of amides is 2. The molecule has 1 aliphatic carbocycles. The van der Waals surface area contributed by atoms with Crippen LogP contribution in [0.5, 0.6) is 0 Å². The minimum absolute atomic E-state index is 0.0200. The number of aliphatic carboxylic acids is 1. The highest BCUT2D eigenvalue weighted by Crippen LogP contribution is 2.29. The van der Waals surface area contributed by atoms with Gasteiger partial charge in [-0.25, -0.2) is 4.79 Å². The third-order valence-electron chi connectivity index (χ3n) is 4.14. The molecule has 1 aliphatic rings. The monoisotopic (exact) mass is 386 g/mol. The number of carboxylic acids is 1. The molecule has 2 rings (SSSR count). The highest BCUT2D eigenvalue weighted by Gasteiger charge is 2.37. The molecule has 8 heteroatoms. The lowest BCUT2D eigenvalue weighted by atomic mass is 9.91. The molecule has 136 valence electrons. The van der Waals surface area contributed by atoms with Gasteiger partial charge in [-0.05, 0) is 43.9 Å². The van der Waals surface area contributed by atoms with Crippen LogP contribution in [0.2, 0.25) is 10.0 Å². The van der Waals surface area contributed by atoms with Crippen molar-refractivity contribution in [1.29, 1.82) is 0 Å². The molecule has 1 atom stereocenters. The zero-order valence-corrected chi connectivity index (χ0v) is 15.3. The maximum atomic E-state index is 12.1. The quantitative estimate of drug-likeness (QED) is 0.598. The van der Waals surface area contributed by atoms with E-state index in [0.29, 0.717) is 23.6 Å². The predicted molar refractivity (Wildman–Crippen MR) is 94.6 cm³/mol. The summed E-state index contributed by atoms with van der Waals surface area (Å²) in [6, 6.07) is 4.42. The SMILES string of the molecule is CC(NC(=O)CCCNC(=O)C1CC1)(C(=O)O)c1ccc(Cl)c(Cl)c1. The molecule has 0 heterocycles. The summed E-state index contributed by atoms with van der Waals surface area (Å²) in [5, 5.41) is 15.4. The molecule has 1 aromatic rings. The minimum Gasteiger partial charge on any atom is -0.479 e. The van der Waals surface area contributed by atoms with Gasteiger partial charge >= 0.3 is 5.97 Å². The van der Waals surface area contributed by atoms with Crippen LogP contribution in [-0.2, 0) is 19.9 Å². The Kier molecular flexibility index (Phi) is 6.30. The molecule has 1 unspecified atom stereocenters. The molecule has 25 heavy (non-hydrogen) atoms. The van der Waals surface area contributed by atoms with E-state index in [-0.39, 0.29) is 23.3 Å². The largest absolute Gasteiger partial charge is 0.479 e. The van der Waals surface area contributed by atoms with Crippen LogP contribution in [0.1, 0.15) is 38.2 Å².